The van der Waals surface area contributed by atoms with Crippen molar-refractivity contribution in [3.05, 3.63) is 30.1 Å². The van der Waals surface area contributed by atoms with Gasteiger partial charge in [0, 0.05) is 17.8 Å². The predicted molar refractivity (Wildman–Crippen MR) is 55.0 cm³/mol. The number of hydrogen-bond donors (Lipinski definition) is 2. The molecule has 1 aromatic rings. The van der Waals surface area contributed by atoms with Gasteiger partial charge in [0.05, 0.1) is 6.61 Å². The summed E-state index contributed by atoms with van der Waals surface area (Å²) in [7, 11) is 0. The Morgan fingerprint density at radius 1 is 1.57 bits per heavy atom. The first-order chi connectivity index (χ1) is 6.92. The van der Waals surface area contributed by atoms with Crippen LogP contribution in [0.3, 0.4) is 0 Å². The molecular weight excluding hydrogens is 176 g/mol. The summed E-state index contributed by atoms with van der Waals surface area (Å²) >= 11 is 0. The zero-order valence-corrected chi connectivity index (χ0v) is 8.19. The lowest BCUT2D eigenvalue weighted by Crippen LogP contribution is -2.20. The number of aliphatic hydroxyl groups is 1. The van der Waals surface area contributed by atoms with Gasteiger partial charge in [-0.05, 0) is 37.6 Å². The smallest absolute Gasteiger partial charge is 0.0518 e. The molecule has 2 heterocycles. The first-order valence-corrected chi connectivity index (χ1v) is 5.14. The summed E-state index contributed by atoms with van der Waals surface area (Å²) in [6, 6.07) is 5.89. The van der Waals surface area contributed by atoms with Crippen LogP contribution >= 0.6 is 0 Å². The fraction of sp³-hybridized carbons (Fsp3) is 0.545. The van der Waals surface area contributed by atoms with Gasteiger partial charge in [0.2, 0.25) is 0 Å². The largest absolute Gasteiger partial charge is 0.396 e. The Morgan fingerprint density at radius 2 is 2.50 bits per heavy atom. The van der Waals surface area contributed by atoms with Crippen LogP contribution in [0.15, 0.2) is 24.4 Å². The van der Waals surface area contributed by atoms with Gasteiger partial charge in [0.25, 0.3) is 0 Å². The molecule has 1 saturated heterocycles. The lowest BCUT2D eigenvalue weighted by molar-refractivity contribution is 0.228. The van der Waals surface area contributed by atoms with Crippen molar-refractivity contribution in [3.8, 4) is 0 Å². The monoisotopic (exact) mass is 192 g/mol. The molecule has 14 heavy (non-hydrogen) atoms. The maximum Gasteiger partial charge on any atom is 0.0518 e. The van der Waals surface area contributed by atoms with E-state index >= 15 is 0 Å². The molecule has 1 aromatic heterocycles. The Kier molecular flexibility index (Phi) is 3.11. The van der Waals surface area contributed by atoms with E-state index in [0.29, 0.717) is 5.92 Å². The van der Waals surface area contributed by atoms with E-state index in [1.54, 1.807) is 6.20 Å². The number of nitrogens with zero attached hydrogens (tertiary/aromatic N) is 1. The fourth-order valence-corrected chi connectivity index (χ4v) is 2.10. The van der Waals surface area contributed by atoms with Gasteiger partial charge in [-0.15, -0.1) is 0 Å². The van der Waals surface area contributed by atoms with Crippen molar-refractivity contribution < 1.29 is 5.11 Å². The molecule has 76 valence electrons. The van der Waals surface area contributed by atoms with Crippen molar-refractivity contribution in [1.29, 1.82) is 0 Å². The normalized spacial score (nSPS) is 23.6. The highest BCUT2D eigenvalue weighted by Gasteiger charge is 2.26. The van der Waals surface area contributed by atoms with Gasteiger partial charge in [-0.1, -0.05) is 6.07 Å². The third kappa shape index (κ3) is 1.94. The predicted octanol–water partition coefficient (Wildman–Crippen LogP) is 0.767. The standard InChI is InChI=1S/C11H16N2O/c14-8-10(9-4-6-12-7-9)11-3-1-2-5-13-11/h1-3,5,9-10,12,14H,4,6-8H2. The van der Waals surface area contributed by atoms with Crippen molar-refractivity contribution >= 4 is 0 Å². The van der Waals surface area contributed by atoms with E-state index in [1.165, 1.54) is 0 Å². The zero-order chi connectivity index (χ0) is 9.80. The second kappa shape index (κ2) is 4.53. The topological polar surface area (TPSA) is 45.2 Å². The molecule has 0 aromatic carbocycles. The Bertz CT molecular complexity index is 270. The molecule has 2 N–H and O–H groups in total. The molecule has 3 heteroatoms. The number of hydrogen-bond acceptors (Lipinski definition) is 3. The van der Waals surface area contributed by atoms with Gasteiger partial charge < -0.3 is 10.4 Å². The van der Waals surface area contributed by atoms with Crippen molar-refractivity contribution in [2.45, 2.75) is 12.3 Å². The Labute approximate surface area is 84.2 Å². The van der Waals surface area contributed by atoms with E-state index in [0.717, 1.165) is 25.2 Å². The summed E-state index contributed by atoms with van der Waals surface area (Å²) in [5.41, 5.74) is 1.02. The van der Waals surface area contributed by atoms with Crippen molar-refractivity contribution in [3.63, 3.8) is 0 Å². The summed E-state index contributed by atoms with van der Waals surface area (Å²) in [4.78, 5) is 4.31. The number of nitrogens with one attached hydrogen (secondary N) is 1. The van der Waals surface area contributed by atoms with E-state index in [1.807, 2.05) is 18.2 Å². The highest BCUT2D eigenvalue weighted by Crippen LogP contribution is 2.26. The van der Waals surface area contributed by atoms with Crippen LogP contribution in [0.4, 0.5) is 0 Å². The van der Waals surface area contributed by atoms with Crippen molar-refractivity contribution in [1.82, 2.24) is 10.3 Å². The molecule has 1 fully saturated rings. The summed E-state index contributed by atoms with van der Waals surface area (Å²) in [5, 5.41) is 12.7. The van der Waals surface area contributed by atoms with Crippen LogP contribution in [0.25, 0.3) is 0 Å². The Morgan fingerprint density at radius 3 is 3.07 bits per heavy atom. The van der Waals surface area contributed by atoms with E-state index in [2.05, 4.69) is 10.3 Å². The molecule has 0 saturated carbocycles. The maximum absolute atomic E-state index is 9.37. The average Bonchev–Trinajstić information content (AvgIpc) is 2.74. The molecule has 3 nitrogen and oxygen atoms in total. The van der Waals surface area contributed by atoms with Crippen molar-refractivity contribution in [2.75, 3.05) is 19.7 Å². The number of rotatable bonds is 3. The SMILES string of the molecule is OCC(c1ccccn1)C1CCNC1. The quantitative estimate of drug-likeness (QED) is 0.743. The van der Waals surface area contributed by atoms with Gasteiger partial charge in [0.1, 0.15) is 0 Å². The first kappa shape index (κ1) is 9.62. The molecule has 0 radical (unpaired) electrons. The molecule has 2 rings (SSSR count). The van der Waals surface area contributed by atoms with Crippen LogP contribution in [-0.4, -0.2) is 29.8 Å². The highest BCUT2D eigenvalue weighted by molar-refractivity contribution is 5.11. The third-order valence-electron chi connectivity index (χ3n) is 2.93. The average molecular weight is 192 g/mol. The molecule has 0 amide bonds. The first-order valence-electron chi connectivity index (χ1n) is 5.14. The third-order valence-corrected chi connectivity index (χ3v) is 2.93. The zero-order valence-electron chi connectivity index (χ0n) is 8.19. The number of aliphatic hydroxyl groups excluding tert-OH is 1. The van der Waals surface area contributed by atoms with E-state index in [-0.39, 0.29) is 12.5 Å². The number of pyridine rings is 1. The minimum atomic E-state index is 0.198. The van der Waals surface area contributed by atoms with E-state index < -0.39 is 0 Å². The van der Waals surface area contributed by atoms with Gasteiger partial charge in [-0.25, -0.2) is 0 Å². The van der Waals surface area contributed by atoms with Crippen LogP contribution < -0.4 is 5.32 Å². The van der Waals surface area contributed by atoms with E-state index in [9.17, 15) is 5.11 Å². The lowest BCUT2D eigenvalue weighted by atomic mass is 9.89. The summed E-state index contributed by atoms with van der Waals surface area (Å²) < 4.78 is 0. The molecule has 0 spiro atoms. The van der Waals surface area contributed by atoms with E-state index in [4.69, 9.17) is 0 Å². The Balaban J connectivity index is 2.12. The minimum absolute atomic E-state index is 0.198. The summed E-state index contributed by atoms with van der Waals surface area (Å²) in [6.07, 6.45) is 2.93. The van der Waals surface area contributed by atoms with Gasteiger partial charge >= 0.3 is 0 Å². The Hall–Kier alpha value is -0.930. The molecule has 0 bridgehead atoms. The second-order valence-corrected chi connectivity index (χ2v) is 3.80. The van der Waals surface area contributed by atoms with Crippen LogP contribution in [0.1, 0.15) is 18.0 Å². The fourth-order valence-electron chi connectivity index (χ4n) is 2.10. The summed E-state index contributed by atoms with van der Waals surface area (Å²) in [6.45, 7) is 2.26. The van der Waals surface area contributed by atoms with Crippen LogP contribution in [0, 0.1) is 5.92 Å². The van der Waals surface area contributed by atoms with Gasteiger partial charge in [-0.2, -0.15) is 0 Å². The minimum Gasteiger partial charge on any atom is -0.396 e. The molecule has 2 atom stereocenters. The maximum atomic E-state index is 9.37. The molecule has 2 unspecified atom stereocenters. The highest BCUT2D eigenvalue weighted by atomic mass is 16.3. The van der Waals surface area contributed by atoms with Crippen LogP contribution in [0.2, 0.25) is 0 Å². The molecular formula is C11H16N2O. The lowest BCUT2D eigenvalue weighted by Gasteiger charge is -2.19. The van der Waals surface area contributed by atoms with Gasteiger partial charge in [0.15, 0.2) is 0 Å². The van der Waals surface area contributed by atoms with Crippen LogP contribution in [0.5, 0.6) is 0 Å². The molecule has 1 aliphatic heterocycles. The second-order valence-electron chi connectivity index (χ2n) is 3.80. The number of aromatic nitrogens is 1. The molecule has 0 aliphatic carbocycles. The van der Waals surface area contributed by atoms with Crippen molar-refractivity contribution in [2.24, 2.45) is 5.92 Å². The molecule has 1 aliphatic rings. The van der Waals surface area contributed by atoms with Gasteiger partial charge in [-0.3, -0.25) is 4.98 Å². The summed E-state index contributed by atoms with van der Waals surface area (Å²) in [5.74, 6) is 0.737. The van der Waals surface area contributed by atoms with Crippen LogP contribution in [-0.2, 0) is 0 Å².